The van der Waals surface area contributed by atoms with Gasteiger partial charge >= 0.3 is 0 Å². The molecule has 1 atom stereocenters. The number of carbonyl (C=O) groups is 1. The summed E-state index contributed by atoms with van der Waals surface area (Å²) in [5, 5.41) is 0. The maximum atomic E-state index is 12.7. The van der Waals surface area contributed by atoms with E-state index in [-0.39, 0.29) is 17.8 Å². The topological polar surface area (TPSA) is 46.3 Å². The molecule has 1 saturated heterocycles. The smallest absolute Gasteiger partial charge is 0.227 e. The van der Waals surface area contributed by atoms with E-state index in [0.717, 1.165) is 24.9 Å². The van der Waals surface area contributed by atoms with Gasteiger partial charge in [0.15, 0.2) is 0 Å². The maximum Gasteiger partial charge on any atom is 0.227 e. The van der Waals surface area contributed by atoms with Crippen molar-refractivity contribution in [3.05, 3.63) is 35.6 Å². The Bertz CT molecular complexity index is 391. The van der Waals surface area contributed by atoms with Gasteiger partial charge in [-0.3, -0.25) is 4.79 Å². The minimum Gasteiger partial charge on any atom is -0.341 e. The molecule has 92 valence electrons. The van der Waals surface area contributed by atoms with Crippen LogP contribution in [-0.4, -0.2) is 29.9 Å². The first-order chi connectivity index (χ1) is 8.15. The van der Waals surface area contributed by atoms with Crippen molar-refractivity contribution in [1.29, 1.82) is 0 Å². The third-order valence-electron chi connectivity index (χ3n) is 3.08. The average Bonchev–Trinajstić information content (AvgIpc) is 2.32. The molecule has 3 nitrogen and oxygen atoms in total. The van der Waals surface area contributed by atoms with Gasteiger partial charge in [0.1, 0.15) is 5.82 Å². The lowest BCUT2D eigenvalue weighted by atomic mass is 10.1. The van der Waals surface area contributed by atoms with Crippen molar-refractivity contribution in [2.45, 2.75) is 25.3 Å². The van der Waals surface area contributed by atoms with Crippen LogP contribution >= 0.6 is 0 Å². The predicted molar refractivity (Wildman–Crippen MR) is 63.9 cm³/mol. The molecule has 4 heteroatoms. The number of rotatable bonds is 2. The zero-order valence-corrected chi connectivity index (χ0v) is 9.73. The molecule has 1 aliphatic rings. The Morgan fingerprint density at radius 1 is 1.41 bits per heavy atom. The molecule has 1 heterocycles. The number of nitrogens with two attached hydrogens (primary N) is 1. The second-order valence-corrected chi connectivity index (χ2v) is 4.55. The summed E-state index contributed by atoms with van der Waals surface area (Å²) in [7, 11) is 0. The van der Waals surface area contributed by atoms with Crippen LogP contribution in [0.1, 0.15) is 18.4 Å². The summed E-state index contributed by atoms with van der Waals surface area (Å²) >= 11 is 0. The molecule has 0 aliphatic carbocycles. The Morgan fingerprint density at radius 3 is 2.76 bits per heavy atom. The zero-order valence-electron chi connectivity index (χ0n) is 9.73. The van der Waals surface area contributed by atoms with E-state index in [1.165, 1.54) is 12.1 Å². The molecule has 2 rings (SSSR count). The number of nitrogens with zero attached hydrogens (tertiary/aromatic N) is 1. The Balaban J connectivity index is 1.94. The molecule has 0 unspecified atom stereocenters. The largest absolute Gasteiger partial charge is 0.341 e. The summed E-state index contributed by atoms with van der Waals surface area (Å²) in [5.74, 6) is -0.201. The average molecular weight is 236 g/mol. The van der Waals surface area contributed by atoms with Gasteiger partial charge in [0, 0.05) is 19.1 Å². The highest BCUT2D eigenvalue weighted by molar-refractivity contribution is 5.78. The highest BCUT2D eigenvalue weighted by atomic mass is 19.1. The number of carbonyl (C=O) groups excluding carboxylic acids is 1. The first-order valence-electron chi connectivity index (χ1n) is 5.93. The molecule has 17 heavy (non-hydrogen) atoms. The van der Waals surface area contributed by atoms with Crippen molar-refractivity contribution in [2.75, 3.05) is 13.1 Å². The van der Waals surface area contributed by atoms with E-state index in [4.69, 9.17) is 5.73 Å². The van der Waals surface area contributed by atoms with Crippen molar-refractivity contribution < 1.29 is 9.18 Å². The molecule has 2 N–H and O–H groups in total. The summed E-state index contributed by atoms with van der Waals surface area (Å²) in [6, 6.07) is 6.16. The lowest BCUT2D eigenvalue weighted by Gasteiger charge is -2.30. The summed E-state index contributed by atoms with van der Waals surface area (Å²) in [5.41, 5.74) is 6.68. The molecule has 0 aromatic heterocycles. The number of hydrogen-bond acceptors (Lipinski definition) is 2. The Morgan fingerprint density at radius 2 is 2.12 bits per heavy atom. The van der Waals surface area contributed by atoms with Gasteiger partial charge in [-0.1, -0.05) is 12.1 Å². The first kappa shape index (κ1) is 12.0. The van der Waals surface area contributed by atoms with Crippen molar-refractivity contribution in [2.24, 2.45) is 5.73 Å². The molecule has 0 saturated carbocycles. The van der Waals surface area contributed by atoms with Crippen LogP contribution in [0.4, 0.5) is 4.39 Å². The molecule has 1 fully saturated rings. The zero-order chi connectivity index (χ0) is 12.3. The fraction of sp³-hybridized carbons (Fsp3) is 0.462. The van der Waals surface area contributed by atoms with E-state index in [1.807, 2.05) is 0 Å². The molecule has 0 spiro atoms. The summed E-state index contributed by atoms with van der Waals surface area (Å²) < 4.78 is 12.7. The molecule has 1 aromatic rings. The second kappa shape index (κ2) is 5.27. The van der Waals surface area contributed by atoms with Gasteiger partial charge in [0.2, 0.25) is 5.91 Å². The Kier molecular flexibility index (Phi) is 3.74. The molecule has 0 radical (unpaired) electrons. The Hall–Kier alpha value is -1.42. The van der Waals surface area contributed by atoms with Crippen LogP contribution in [0.3, 0.4) is 0 Å². The van der Waals surface area contributed by atoms with Crippen LogP contribution < -0.4 is 5.73 Å². The number of amides is 1. The SMILES string of the molecule is N[C@@H]1CCCN(C(=O)Cc2ccc(F)cc2)C1. The lowest BCUT2D eigenvalue weighted by Crippen LogP contribution is -2.46. The normalized spacial score (nSPS) is 20.4. The van der Waals surface area contributed by atoms with Crippen molar-refractivity contribution in [3.63, 3.8) is 0 Å². The van der Waals surface area contributed by atoms with Crippen LogP contribution in [0.25, 0.3) is 0 Å². The summed E-state index contributed by atoms with van der Waals surface area (Å²) in [6.45, 7) is 1.42. The minimum absolute atomic E-state index is 0.0757. The van der Waals surface area contributed by atoms with Crippen LogP contribution in [-0.2, 0) is 11.2 Å². The van der Waals surface area contributed by atoms with Crippen molar-refractivity contribution in [3.8, 4) is 0 Å². The number of hydrogen-bond donors (Lipinski definition) is 1. The third kappa shape index (κ3) is 3.27. The van der Waals surface area contributed by atoms with E-state index in [2.05, 4.69) is 0 Å². The number of benzene rings is 1. The Labute approximate surface area is 100 Å². The predicted octanol–water partition coefficient (Wildman–Crippen LogP) is 1.32. The highest BCUT2D eigenvalue weighted by Crippen LogP contribution is 2.11. The summed E-state index contributed by atoms with van der Waals surface area (Å²) in [6.07, 6.45) is 2.28. The van der Waals surface area contributed by atoms with Crippen LogP contribution in [0, 0.1) is 5.82 Å². The van der Waals surface area contributed by atoms with Crippen LogP contribution in [0.5, 0.6) is 0 Å². The van der Waals surface area contributed by atoms with Crippen molar-refractivity contribution >= 4 is 5.91 Å². The van der Waals surface area contributed by atoms with Gasteiger partial charge < -0.3 is 10.6 Å². The quantitative estimate of drug-likeness (QED) is 0.841. The van der Waals surface area contributed by atoms with Gasteiger partial charge in [0.05, 0.1) is 6.42 Å². The lowest BCUT2D eigenvalue weighted by molar-refractivity contribution is -0.131. The van der Waals surface area contributed by atoms with Gasteiger partial charge in [0.25, 0.3) is 0 Å². The van der Waals surface area contributed by atoms with Gasteiger partial charge in [-0.05, 0) is 30.5 Å². The second-order valence-electron chi connectivity index (χ2n) is 4.55. The molecular formula is C13H17FN2O. The van der Waals surface area contributed by atoms with Gasteiger partial charge in [-0.2, -0.15) is 0 Å². The fourth-order valence-corrected chi connectivity index (χ4v) is 2.13. The van der Waals surface area contributed by atoms with E-state index in [9.17, 15) is 9.18 Å². The first-order valence-corrected chi connectivity index (χ1v) is 5.93. The molecule has 1 amide bonds. The van der Waals surface area contributed by atoms with Crippen molar-refractivity contribution in [1.82, 2.24) is 4.90 Å². The van der Waals surface area contributed by atoms with E-state index in [0.29, 0.717) is 13.0 Å². The highest BCUT2D eigenvalue weighted by Gasteiger charge is 2.20. The van der Waals surface area contributed by atoms with E-state index in [1.54, 1.807) is 17.0 Å². The monoisotopic (exact) mass is 236 g/mol. The number of likely N-dealkylation sites (tertiary alicyclic amines) is 1. The van der Waals surface area contributed by atoms with E-state index < -0.39 is 0 Å². The number of piperidine rings is 1. The van der Waals surface area contributed by atoms with Gasteiger partial charge in [-0.25, -0.2) is 4.39 Å². The molecular weight excluding hydrogens is 219 g/mol. The minimum atomic E-state index is -0.277. The number of halogens is 1. The fourth-order valence-electron chi connectivity index (χ4n) is 2.13. The van der Waals surface area contributed by atoms with Gasteiger partial charge in [-0.15, -0.1) is 0 Å². The standard InChI is InChI=1S/C13H17FN2O/c14-11-5-3-10(4-6-11)8-13(17)16-7-1-2-12(15)9-16/h3-6,12H,1-2,7-9,15H2/t12-/m1/s1. The van der Waals surface area contributed by atoms with Crippen LogP contribution in [0.15, 0.2) is 24.3 Å². The summed E-state index contributed by atoms with van der Waals surface area (Å²) in [4.78, 5) is 13.8. The van der Waals surface area contributed by atoms with Crippen LogP contribution in [0.2, 0.25) is 0 Å². The third-order valence-corrected chi connectivity index (χ3v) is 3.08. The van der Waals surface area contributed by atoms with E-state index >= 15 is 0 Å². The molecule has 0 bridgehead atoms. The maximum absolute atomic E-state index is 12.7. The molecule has 1 aromatic carbocycles. The molecule has 1 aliphatic heterocycles.